The molecule has 0 radical (unpaired) electrons. The van der Waals surface area contributed by atoms with Crippen LogP contribution < -0.4 is 0 Å². The molecule has 0 N–H and O–H groups in total. The molecule has 2 aromatic rings. The molecule has 0 amide bonds. The molecule has 0 aliphatic carbocycles. The number of carbonyl (C=O) groups is 1. The molecule has 8 heteroatoms. The van der Waals surface area contributed by atoms with Crippen molar-refractivity contribution in [3.8, 4) is 6.07 Å². The summed E-state index contributed by atoms with van der Waals surface area (Å²) in [5, 5.41) is 8.36. The molecule has 2 rings (SSSR count). The molecule has 0 saturated heterocycles. The zero-order chi connectivity index (χ0) is 20.0. The first-order valence-corrected chi connectivity index (χ1v) is 9.02. The lowest BCUT2D eigenvalue weighted by atomic mass is 10.0. The molecule has 1 heterocycles. The van der Waals surface area contributed by atoms with Crippen LogP contribution in [0.15, 0.2) is 41.4 Å². The van der Waals surface area contributed by atoms with E-state index in [-0.39, 0.29) is 23.7 Å². The summed E-state index contributed by atoms with van der Waals surface area (Å²) < 4.78 is 45.3. The first-order valence-electron chi connectivity index (χ1n) is 8.14. The summed E-state index contributed by atoms with van der Waals surface area (Å²) in [5.74, 6) is -0.574. The van der Waals surface area contributed by atoms with E-state index in [1.54, 1.807) is 43.3 Å². The van der Waals surface area contributed by atoms with Gasteiger partial charge in [0.2, 0.25) is 0 Å². The van der Waals surface area contributed by atoms with E-state index >= 15 is 0 Å². The van der Waals surface area contributed by atoms with E-state index in [1.165, 1.54) is 6.92 Å². The van der Waals surface area contributed by atoms with Crippen molar-refractivity contribution in [2.45, 2.75) is 36.7 Å². The highest BCUT2D eigenvalue weighted by atomic mass is 32.2. The average molecular weight is 394 g/mol. The number of pyridine rings is 1. The van der Waals surface area contributed by atoms with Crippen LogP contribution in [0.3, 0.4) is 0 Å². The number of hydrogen-bond donors (Lipinski definition) is 0. The van der Waals surface area contributed by atoms with E-state index in [9.17, 15) is 23.2 Å². The summed E-state index contributed by atoms with van der Waals surface area (Å²) in [6.45, 7) is 3.29. The molecule has 0 bridgehead atoms. The lowest BCUT2D eigenvalue weighted by Crippen LogP contribution is -2.18. The Bertz CT molecular complexity index is 849. The number of benzene rings is 1. The van der Waals surface area contributed by atoms with Crippen LogP contribution in [0.4, 0.5) is 13.2 Å². The number of esters is 1. The Kier molecular flexibility index (Phi) is 6.86. The zero-order valence-corrected chi connectivity index (χ0v) is 15.5. The number of thioether (sulfide) groups is 1. The molecule has 27 heavy (non-hydrogen) atoms. The second-order valence-corrected chi connectivity index (χ2v) is 6.95. The third-order valence-corrected chi connectivity index (χ3v) is 4.66. The van der Waals surface area contributed by atoms with E-state index in [1.807, 2.05) is 0 Å². The van der Waals surface area contributed by atoms with Gasteiger partial charge in [-0.1, -0.05) is 42.1 Å². The Morgan fingerprint density at radius 1 is 1.33 bits per heavy atom. The summed E-state index contributed by atoms with van der Waals surface area (Å²) in [4.78, 5) is 16.1. The van der Waals surface area contributed by atoms with Gasteiger partial charge in [0.05, 0.1) is 17.7 Å². The van der Waals surface area contributed by atoms with Crippen LogP contribution in [0.25, 0.3) is 0 Å². The molecule has 4 nitrogen and oxygen atoms in total. The molecule has 0 unspecified atom stereocenters. The molecular formula is C19H17F3N2O2S. The molecule has 0 aliphatic heterocycles. The summed E-state index contributed by atoms with van der Waals surface area (Å²) >= 11 is 0.790. The molecule has 1 atom stereocenters. The number of alkyl halides is 3. The maximum absolute atomic E-state index is 13.5. The Balaban J connectivity index is 2.48. The zero-order valence-electron chi connectivity index (χ0n) is 14.7. The largest absolute Gasteiger partial charge is 0.465 e. The Morgan fingerprint density at radius 2 is 2.00 bits per heavy atom. The van der Waals surface area contributed by atoms with E-state index in [0.717, 1.165) is 23.4 Å². The van der Waals surface area contributed by atoms with Crippen LogP contribution in [0.2, 0.25) is 0 Å². The maximum atomic E-state index is 13.5. The van der Waals surface area contributed by atoms with E-state index in [4.69, 9.17) is 4.74 Å². The van der Waals surface area contributed by atoms with Crippen LogP contribution in [0.5, 0.6) is 0 Å². The van der Waals surface area contributed by atoms with Crippen LogP contribution in [-0.2, 0) is 22.1 Å². The van der Waals surface area contributed by atoms with Crippen molar-refractivity contribution in [3.63, 3.8) is 0 Å². The first kappa shape index (κ1) is 20.8. The lowest BCUT2D eigenvalue weighted by Gasteiger charge is -2.16. The highest BCUT2D eigenvalue weighted by molar-refractivity contribution is 8.00. The number of halogens is 3. The molecule has 1 aromatic heterocycles. The van der Waals surface area contributed by atoms with E-state index in [0.29, 0.717) is 0 Å². The van der Waals surface area contributed by atoms with Gasteiger partial charge in [-0.25, -0.2) is 4.98 Å². The van der Waals surface area contributed by atoms with Gasteiger partial charge in [0.1, 0.15) is 16.3 Å². The highest BCUT2D eigenvalue weighted by Gasteiger charge is 2.36. The van der Waals surface area contributed by atoms with Crippen molar-refractivity contribution in [1.29, 1.82) is 5.26 Å². The molecule has 142 valence electrons. The summed E-state index contributed by atoms with van der Waals surface area (Å²) in [6.07, 6.45) is -4.53. The molecular weight excluding hydrogens is 377 g/mol. The number of nitriles is 1. The standard InChI is InChI=1S/C19H17F3N2O2S/c1-3-26-18(25)12(2)27-17-15(11-23)16(19(20,21)22)10-14(24-17)9-13-7-5-4-6-8-13/h4-8,10,12H,3,9H2,1-2H3/t12-/m1/s1. The molecule has 1 aromatic carbocycles. The predicted molar refractivity (Wildman–Crippen MR) is 95.2 cm³/mol. The topological polar surface area (TPSA) is 63.0 Å². The Hall–Kier alpha value is -2.53. The van der Waals surface area contributed by atoms with Gasteiger partial charge >= 0.3 is 12.1 Å². The fourth-order valence-electron chi connectivity index (χ4n) is 2.36. The summed E-state index contributed by atoms with van der Waals surface area (Å²) in [7, 11) is 0. The number of ether oxygens (including phenoxy) is 1. The average Bonchev–Trinajstić information content (AvgIpc) is 2.61. The number of hydrogen-bond acceptors (Lipinski definition) is 5. The molecule has 0 saturated carbocycles. The quantitative estimate of drug-likeness (QED) is 0.529. The second kappa shape index (κ2) is 8.91. The van der Waals surface area contributed by atoms with Gasteiger partial charge in [0.25, 0.3) is 0 Å². The molecule has 0 aliphatic rings. The smallest absolute Gasteiger partial charge is 0.417 e. The van der Waals surface area contributed by atoms with Crippen LogP contribution in [0, 0.1) is 11.3 Å². The van der Waals surface area contributed by atoms with Crippen LogP contribution in [0.1, 0.15) is 36.2 Å². The summed E-state index contributed by atoms with van der Waals surface area (Å²) in [5.41, 5.74) is -0.673. The number of rotatable bonds is 6. The SMILES string of the molecule is CCOC(=O)[C@@H](C)Sc1nc(Cc2ccccc2)cc(C(F)(F)F)c1C#N. The number of aromatic nitrogens is 1. The first-order chi connectivity index (χ1) is 12.8. The maximum Gasteiger partial charge on any atom is 0.417 e. The van der Waals surface area contributed by atoms with E-state index in [2.05, 4.69) is 4.98 Å². The fraction of sp³-hybridized carbons (Fsp3) is 0.316. The number of carbonyl (C=O) groups excluding carboxylic acids is 1. The van der Waals surface area contributed by atoms with Gasteiger partial charge in [-0.3, -0.25) is 4.79 Å². The van der Waals surface area contributed by atoms with Gasteiger partial charge in [-0.05, 0) is 25.5 Å². The van der Waals surface area contributed by atoms with E-state index < -0.39 is 28.5 Å². The van der Waals surface area contributed by atoms with Crippen molar-refractivity contribution in [1.82, 2.24) is 4.98 Å². The fourth-order valence-corrected chi connectivity index (χ4v) is 3.30. The van der Waals surface area contributed by atoms with Crippen molar-refractivity contribution >= 4 is 17.7 Å². The van der Waals surface area contributed by atoms with Gasteiger partial charge in [-0.15, -0.1) is 0 Å². The Labute approximate surface area is 159 Å². The predicted octanol–water partition coefficient (Wildman–Crippen LogP) is 4.61. The van der Waals surface area contributed by atoms with Gasteiger partial charge in [-0.2, -0.15) is 18.4 Å². The lowest BCUT2D eigenvalue weighted by molar-refractivity contribution is -0.142. The second-order valence-electron chi connectivity index (χ2n) is 5.63. The van der Waals surface area contributed by atoms with Crippen LogP contribution in [-0.4, -0.2) is 22.8 Å². The minimum absolute atomic E-state index is 0.126. The Morgan fingerprint density at radius 3 is 2.56 bits per heavy atom. The third-order valence-electron chi connectivity index (χ3n) is 3.59. The third kappa shape index (κ3) is 5.47. The van der Waals surface area contributed by atoms with Gasteiger partial charge in [0.15, 0.2) is 0 Å². The number of nitrogens with zero attached hydrogens (tertiary/aromatic N) is 2. The van der Waals surface area contributed by atoms with Crippen molar-refractivity contribution in [3.05, 3.63) is 58.8 Å². The van der Waals surface area contributed by atoms with Crippen molar-refractivity contribution in [2.75, 3.05) is 6.61 Å². The van der Waals surface area contributed by atoms with Crippen molar-refractivity contribution < 1.29 is 22.7 Å². The van der Waals surface area contributed by atoms with Gasteiger partial charge < -0.3 is 4.74 Å². The minimum Gasteiger partial charge on any atom is -0.465 e. The molecule has 0 spiro atoms. The summed E-state index contributed by atoms with van der Waals surface area (Å²) in [6, 6.07) is 11.4. The normalized spacial score (nSPS) is 12.3. The minimum atomic E-state index is -4.71. The molecule has 0 fully saturated rings. The van der Waals surface area contributed by atoms with Crippen molar-refractivity contribution in [2.24, 2.45) is 0 Å². The van der Waals surface area contributed by atoms with Gasteiger partial charge in [0, 0.05) is 12.1 Å². The van der Waals surface area contributed by atoms with Crippen LogP contribution >= 0.6 is 11.8 Å². The highest BCUT2D eigenvalue weighted by Crippen LogP contribution is 2.37. The monoisotopic (exact) mass is 394 g/mol.